The highest BCUT2D eigenvalue weighted by Gasteiger charge is 2.28. The number of nitrogens with one attached hydrogen (secondary N) is 1. The second kappa shape index (κ2) is 9.11. The summed E-state index contributed by atoms with van der Waals surface area (Å²) in [6.45, 7) is 3.92. The molecule has 150 valence electrons. The number of rotatable bonds is 7. The molecule has 3 N–H and O–H groups in total. The van der Waals surface area contributed by atoms with Crippen molar-refractivity contribution in [2.75, 3.05) is 12.4 Å². The third-order valence-electron chi connectivity index (χ3n) is 5.52. The fourth-order valence-corrected chi connectivity index (χ4v) is 3.75. The lowest BCUT2D eigenvalue weighted by atomic mass is 9.79. The van der Waals surface area contributed by atoms with E-state index in [1.54, 1.807) is 6.07 Å². The molecule has 2 rings (SSSR count). The zero-order chi connectivity index (χ0) is 20.0. The fraction of sp³-hybridized carbons (Fsp3) is 0.619. The molecular formula is C21H31NO5. The van der Waals surface area contributed by atoms with Gasteiger partial charge in [-0.05, 0) is 37.2 Å². The van der Waals surface area contributed by atoms with Crippen LogP contribution in [0, 0.1) is 5.92 Å². The van der Waals surface area contributed by atoms with E-state index in [4.69, 9.17) is 0 Å². The highest BCUT2D eigenvalue weighted by Crippen LogP contribution is 2.43. The maximum atomic E-state index is 12.5. The molecule has 0 atom stereocenters. The Morgan fingerprint density at radius 2 is 1.85 bits per heavy atom. The smallest absolute Gasteiger partial charge is 0.305 e. The third kappa shape index (κ3) is 5.37. The van der Waals surface area contributed by atoms with Crippen molar-refractivity contribution in [3.8, 4) is 11.5 Å². The summed E-state index contributed by atoms with van der Waals surface area (Å²) in [5.41, 5.74) is 0.268. The minimum Gasteiger partial charge on any atom is -0.506 e. The van der Waals surface area contributed by atoms with Crippen LogP contribution in [0.1, 0.15) is 70.8 Å². The van der Waals surface area contributed by atoms with Gasteiger partial charge in [-0.25, -0.2) is 0 Å². The summed E-state index contributed by atoms with van der Waals surface area (Å²) in [6, 6.07) is 3.16. The Labute approximate surface area is 160 Å². The number of amides is 1. The van der Waals surface area contributed by atoms with Gasteiger partial charge in [0.1, 0.15) is 17.2 Å². The first-order valence-corrected chi connectivity index (χ1v) is 9.69. The van der Waals surface area contributed by atoms with Crippen LogP contribution in [0.25, 0.3) is 0 Å². The van der Waals surface area contributed by atoms with Crippen molar-refractivity contribution >= 4 is 17.6 Å². The van der Waals surface area contributed by atoms with Crippen molar-refractivity contribution in [1.82, 2.24) is 0 Å². The number of phenols is 2. The molecule has 1 fully saturated rings. The first-order valence-electron chi connectivity index (χ1n) is 9.69. The summed E-state index contributed by atoms with van der Waals surface area (Å²) in [7, 11) is 1.36. The lowest BCUT2D eigenvalue weighted by molar-refractivity contribution is -0.140. The van der Waals surface area contributed by atoms with Crippen LogP contribution in [-0.4, -0.2) is 29.2 Å². The molecule has 0 unspecified atom stereocenters. The van der Waals surface area contributed by atoms with Crippen molar-refractivity contribution in [3.05, 3.63) is 17.7 Å². The average Bonchev–Trinajstić information content (AvgIpc) is 2.65. The predicted molar refractivity (Wildman–Crippen MR) is 104 cm³/mol. The van der Waals surface area contributed by atoms with Crippen LogP contribution in [0.3, 0.4) is 0 Å². The van der Waals surface area contributed by atoms with Gasteiger partial charge in [0, 0.05) is 17.9 Å². The number of esters is 1. The van der Waals surface area contributed by atoms with E-state index in [0.29, 0.717) is 24.8 Å². The molecule has 6 nitrogen and oxygen atoms in total. The number of carbonyl (C=O) groups is 2. The number of anilines is 1. The van der Waals surface area contributed by atoms with Gasteiger partial charge >= 0.3 is 5.97 Å². The first kappa shape index (κ1) is 21.1. The SMILES string of the molecule is COC(=O)CCCC(C)(C)c1ccc(O)c(NC(=O)C2CCCCC2)c1O. The molecule has 1 aliphatic carbocycles. The zero-order valence-corrected chi connectivity index (χ0v) is 16.5. The fourth-order valence-electron chi connectivity index (χ4n) is 3.75. The monoisotopic (exact) mass is 377 g/mol. The molecule has 0 heterocycles. The van der Waals surface area contributed by atoms with E-state index >= 15 is 0 Å². The molecule has 0 saturated heterocycles. The van der Waals surface area contributed by atoms with Gasteiger partial charge in [-0.15, -0.1) is 0 Å². The molecule has 1 amide bonds. The summed E-state index contributed by atoms with van der Waals surface area (Å²) in [5, 5.41) is 23.6. The predicted octanol–water partition coefficient (Wildman–Crippen LogP) is 4.24. The standard InChI is InChI=1S/C21H31NO5/c1-21(2,13-7-10-17(24)27-3)15-11-12-16(23)18(19(15)25)22-20(26)14-8-5-4-6-9-14/h11-12,14,23,25H,4-10,13H2,1-3H3,(H,22,26). The van der Waals surface area contributed by atoms with Crippen LogP contribution >= 0.6 is 0 Å². The second-order valence-corrected chi connectivity index (χ2v) is 7.99. The van der Waals surface area contributed by atoms with Crippen LogP contribution in [0.5, 0.6) is 11.5 Å². The van der Waals surface area contributed by atoms with Gasteiger partial charge in [0.05, 0.1) is 7.11 Å². The van der Waals surface area contributed by atoms with Crippen LogP contribution in [-0.2, 0) is 19.7 Å². The van der Waals surface area contributed by atoms with E-state index in [9.17, 15) is 19.8 Å². The number of aromatic hydroxyl groups is 2. The highest BCUT2D eigenvalue weighted by molar-refractivity contribution is 5.96. The van der Waals surface area contributed by atoms with Gasteiger partial charge in [0.25, 0.3) is 0 Å². The molecular weight excluding hydrogens is 346 g/mol. The Balaban J connectivity index is 2.15. The van der Waals surface area contributed by atoms with Gasteiger partial charge in [-0.2, -0.15) is 0 Å². The number of hydrogen-bond donors (Lipinski definition) is 3. The van der Waals surface area contributed by atoms with E-state index < -0.39 is 5.41 Å². The van der Waals surface area contributed by atoms with Crippen LogP contribution in [0.15, 0.2) is 12.1 Å². The van der Waals surface area contributed by atoms with E-state index in [2.05, 4.69) is 10.1 Å². The molecule has 27 heavy (non-hydrogen) atoms. The minimum atomic E-state index is -0.434. The van der Waals surface area contributed by atoms with Crippen LogP contribution < -0.4 is 5.32 Å². The third-order valence-corrected chi connectivity index (χ3v) is 5.52. The summed E-state index contributed by atoms with van der Waals surface area (Å²) in [4.78, 5) is 23.8. The number of ether oxygens (including phenoxy) is 1. The zero-order valence-electron chi connectivity index (χ0n) is 16.5. The van der Waals surface area contributed by atoms with Crippen LogP contribution in [0.4, 0.5) is 5.69 Å². The summed E-state index contributed by atoms with van der Waals surface area (Å²) >= 11 is 0. The molecule has 0 aromatic heterocycles. The number of phenolic OH excluding ortho intramolecular Hbond substituents is 2. The summed E-state index contributed by atoms with van der Waals surface area (Å²) in [6.07, 6.45) is 6.46. The lowest BCUT2D eigenvalue weighted by Crippen LogP contribution is -2.25. The van der Waals surface area contributed by atoms with Gasteiger partial charge in [0.15, 0.2) is 0 Å². The number of methoxy groups -OCH3 is 1. The first-order chi connectivity index (χ1) is 12.8. The van der Waals surface area contributed by atoms with E-state index in [-0.39, 0.29) is 35.0 Å². The Bertz CT molecular complexity index is 677. The molecule has 1 aliphatic rings. The molecule has 1 aromatic carbocycles. The summed E-state index contributed by atoms with van der Waals surface area (Å²) in [5.74, 6) is -0.746. The largest absolute Gasteiger partial charge is 0.506 e. The maximum absolute atomic E-state index is 12.5. The molecule has 0 spiro atoms. The number of benzene rings is 1. The van der Waals surface area contributed by atoms with E-state index in [1.165, 1.54) is 13.2 Å². The lowest BCUT2D eigenvalue weighted by Gasteiger charge is -2.28. The molecule has 0 bridgehead atoms. The molecule has 0 aliphatic heterocycles. The van der Waals surface area contributed by atoms with E-state index in [1.807, 2.05) is 13.8 Å². The van der Waals surface area contributed by atoms with Crippen molar-refractivity contribution in [2.24, 2.45) is 5.92 Å². The van der Waals surface area contributed by atoms with Gasteiger partial charge < -0.3 is 20.3 Å². The van der Waals surface area contributed by atoms with E-state index in [0.717, 1.165) is 32.1 Å². The normalized spacial score (nSPS) is 15.4. The number of hydrogen-bond acceptors (Lipinski definition) is 5. The Morgan fingerprint density at radius 3 is 2.48 bits per heavy atom. The minimum absolute atomic E-state index is 0.0733. The summed E-state index contributed by atoms with van der Waals surface area (Å²) < 4.78 is 4.66. The Morgan fingerprint density at radius 1 is 1.19 bits per heavy atom. The topological polar surface area (TPSA) is 95.9 Å². The highest BCUT2D eigenvalue weighted by atomic mass is 16.5. The average molecular weight is 377 g/mol. The number of carbonyl (C=O) groups excluding carboxylic acids is 2. The Kier molecular flexibility index (Phi) is 7.11. The van der Waals surface area contributed by atoms with Gasteiger partial charge in [-0.3, -0.25) is 9.59 Å². The van der Waals surface area contributed by atoms with Crippen molar-refractivity contribution in [2.45, 2.75) is 70.6 Å². The van der Waals surface area contributed by atoms with Gasteiger partial charge in [-0.1, -0.05) is 39.2 Å². The van der Waals surface area contributed by atoms with Crippen molar-refractivity contribution in [1.29, 1.82) is 0 Å². The second-order valence-electron chi connectivity index (χ2n) is 7.99. The molecule has 6 heteroatoms. The molecule has 1 aromatic rings. The van der Waals surface area contributed by atoms with Crippen LogP contribution in [0.2, 0.25) is 0 Å². The van der Waals surface area contributed by atoms with Gasteiger partial charge in [0.2, 0.25) is 5.91 Å². The molecule has 0 radical (unpaired) electrons. The molecule has 1 saturated carbocycles. The van der Waals surface area contributed by atoms with Crippen molar-refractivity contribution < 1.29 is 24.5 Å². The quantitative estimate of drug-likeness (QED) is 0.488. The van der Waals surface area contributed by atoms with Crippen molar-refractivity contribution in [3.63, 3.8) is 0 Å². The Hall–Kier alpha value is -2.24. The maximum Gasteiger partial charge on any atom is 0.305 e.